The van der Waals surface area contributed by atoms with Crippen molar-refractivity contribution in [1.82, 2.24) is 15.0 Å². The predicted octanol–water partition coefficient (Wildman–Crippen LogP) is 11.5. The van der Waals surface area contributed by atoms with Gasteiger partial charge in [-0.15, -0.1) is 0 Å². The molecule has 0 bridgehead atoms. The molecule has 10 rings (SSSR count). The zero-order chi connectivity index (χ0) is 36.0. The largest absolute Gasteiger partial charge is 0.456 e. The summed E-state index contributed by atoms with van der Waals surface area (Å²) in [4.78, 5) is 15.3. The van der Waals surface area contributed by atoms with E-state index in [0.29, 0.717) is 28.9 Å². The molecule has 2 N–H and O–H groups in total. The van der Waals surface area contributed by atoms with Crippen molar-refractivity contribution in [3.8, 4) is 45.3 Å². The first-order valence-electron chi connectivity index (χ1n) is 17.7. The van der Waals surface area contributed by atoms with Crippen LogP contribution >= 0.6 is 0 Å². The first-order chi connectivity index (χ1) is 26.7. The van der Waals surface area contributed by atoms with Crippen LogP contribution in [-0.4, -0.2) is 26.4 Å². The molecular weight excluding hydrogens is 665 g/mol. The molecular formula is C47H30N6O. The Morgan fingerprint density at radius 1 is 0.519 bits per heavy atom. The van der Waals surface area contributed by atoms with Gasteiger partial charge in [0.15, 0.2) is 17.5 Å². The summed E-state index contributed by atoms with van der Waals surface area (Å²) in [6.45, 7) is 0. The zero-order valence-corrected chi connectivity index (χ0v) is 28.9. The number of benzene rings is 7. The molecule has 0 aliphatic heterocycles. The van der Waals surface area contributed by atoms with Gasteiger partial charge in [0, 0.05) is 33.0 Å². The van der Waals surface area contributed by atoms with E-state index in [2.05, 4.69) is 77.3 Å². The van der Waals surface area contributed by atoms with E-state index in [-0.39, 0.29) is 0 Å². The molecule has 54 heavy (non-hydrogen) atoms. The monoisotopic (exact) mass is 694 g/mol. The number of para-hydroxylation sites is 2. The summed E-state index contributed by atoms with van der Waals surface area (Å²) in [5, 5.41) is 17.6. The lowest BCUT2D eigenvalue weighted by molar-refractivity contribution is 0.669. The molecule has 0 saturated carbocycles. The van der Waals surface area contributed by atoms with Crippen molar-refractivity contribution in [3.63, 3.8) is 0 Å². The molecule has 9 aromatic rings. The van der Waals surface area contributed by atoms with Gasteiger partial charge >= 0.3 is 0 Å². The lowest BCUT2D eigenvalue weighted by atomic mass is 9.89. The van der Waals surface area contributed by atoms with E-state index in [1.807, 2.05) is 103 Å². The molecule has 1 aliphatic carbocycles. The maximum absolute atomic E-state index is 9.16. The Morgan fingerprint density at radius 2 is 1.19 bits per heavy atom. The molecule has 2 aromatic heterocycles. The van der Waals surface area contributed by atoms with Crippen molar-refractivity contribution in [3.05, 3.63) is 175 Å². The van der Waals surface area contributed by atoms with Crippen molar-refractivity contribution < 1.29 is 4.42 Å². The number of allylic oxidation sites excluding steroid dienone is 1. The van der Waals surface area contributed by atoms with E-state index in [4.69, 9.17) is 24.8 Å². The predicted molar refractivity (Wildman–Crippen MR) is 220 cm³/mol. The van der Waals surface area contributed by atoms with Crippen molar-refractivity contribution >= 4 is 55.9 Å². The van der Waals surface area contributed by atoms with Crippen LogP contribution in [0, 0.1) is 5.41 Å². The number of rotatable bonds is 6. The number of nitrogens with one attached hydrogen (secondary N) is 2. The van der Waals surface area contributed by atoms with Gasteiger partial charge in [-0.05, 0) is 63.9 Å². The lowest BCUT2D eigenvalue weighted by Crippen LogP contribution is -2.18. The van der Waals surface area contributed by atoms with Crippen LogP contribution in [0.2, 0.25) is 0 Å². The second-order valence-corrected chi connectivity index (χ2v) is 13.2. The molecule has 7 aromatic carbocycles. The highest BCUT2D eigenvalue weighted by molar-refractivity contribution is 6.55. The summed E-state index contributed by atoms with van der Waals surface area (Å²) < 4.78 is 6.24. The molecule has 0 amide bonds. The SMILES string of the molecule is N=C1/C(=N\Nc2ccccc2)C=Cc2ccc3cc(-c4nc(-c5ccc(-c6ccccc6)cc5)nc(-c5cccc6oc7ccccc7c56)n4)ccc3c21. The Morgan fingerprint density at radius 3 is 2.02 bits per heavy atom. The third kappa shape index (κ3) is 5.52. The zero-order valence-electron chi connectivity index (χ0n) is 28.9. The number of aromatic nitrogens is 3. The van der Waals surface area contributed by atoms with Gasteiger partial charge in [0.05, 0.1) is 11.4 Å². The summed E-state index contributed by atoms with van der Waals surface area (Å²) in [6.07, 6.45) is 3.89. The minimum atomic E-state index is 0.360. The fraction of sp³-hybridized carbons (Fsp3) is 0. The van der Waals surface area contributed by atoms with Gasteiger partial charge in [-0.3, -0.25) is 10.8 Å². The van der Waals surface area contributed by atoms with Gasteiger partial charge in [-0.1, -0.05) is 133 Å². The van der Waals surface area contributed by atoms with Gasteiger partial charge in [0.1, 0.15) is 16.9 Å². The molecule has 0 spiro atoms. The van der Waals surface area contributed by atoms with Gasteiger partial charge in [0.25, 0.3) is 0 Å². The Balaban J connectivity index is 1.10. The smallest absolute Gasteiger partial charge is 0.164 e. The lowest BCUT2D eigenvalue weighted by Gasteiger charge is -2.17. The van der Waals surface area contributed by atoms with Crippen molar-refractivity contribution in [1.29, 1.82) is 5.41 Å². The number of fused-ring (bicyclic) bond motifs is 6. The first-order valence-corrected chi connectivity index (χ1v) is 17.7. The summed E-state index contributed by atoms with van der Waals surface area (Å²) in [5.74, 6) is 1.68. The number of hydrazone groups is 1. The number of anilines is 1. The third-order valence-corrected chi connectivity index (χ3v) is 9.85. The van der Waals surface area contributed by atoms with Crippen LogP contribution in [0.1, 0.15) is 11.1 Å². The van der Waals surface area contributed by atoms with E-state index < -0.39 is 0 Å². The van der Waals surface area contributed by atoms with Crippen LogP contribution in [0.25, 0.3) is 84.1 Å². The fourth-order valence-corrected chi connectivity index (χ4v) is 7.17. The van der Waals surface area contributed by atoms with Crippen molar-refractivity contribution in [2.45, 2.75) is 0 Å². The standard InChI is InChI=1S/C47H30N6O/c48-44-39(53-52-35-12-5-2-6-13-35)27-25-31-20-23-33-28-34(24-26-36(33)42(31)44)46-49-45(32-21-18-30(19-22-32)29-10-3-1-4-11-29)50-47(51-46)38-15-9-17-41-43(38)37-14-7-8-16-40(37)54-41/h1-28,48,52H/b48-44?,53-39-. The molecule has 0 saturated heterocycles. The molecule has 1 aliphatic rings. The minimum Gasteiger partial charge on any atom is -0.456 e. The van der Waals surface area contributed by atoms with Gasteiger partial charge in [-0.25, -0.2) is 15.0 Å². The number of nitrogens with zero attached hydrogens (tertiary/aromatic N) is 4. The Kier molecular flexibility index (Phi) is 7.47. The van der Waals surface area contributed by atoms with Crippen molar-refractivity contribution in [2.24, 2.45) is 5.10 Å². The molecule has 0 atom stereocenters. The van der Waals surface area contributed by atoms with E-state index in [1.54, 1.807) is 0 Å². The Hall–Kier alpha value is -7.51. The summed E-state index contributed by atoms with van der Waals surface area (Å²) >= 11 is 0. The maximum Gasteiger partial charge on any atom is 0.164 e. The van der Waals surface area contributed by atoms with E-state index in [1.165, 1.54) is 0 Å². The number of hydrogen-bond acceptors (Lipinski definition) is 7. The Bertz CT molecular complexity index is 2970. The fourth-order valence-electron chi connectivity index (χ4n) is 7.17. The average molecular weight is 695 g/mol. The molecule has 254 valence electrons. The molecule has 7 nitrogen and oxygen atoms in total. The quantitative estimate of drug-likeness (QED) is 0.169. The second kappa shape index (κ2) is 12.9. The number of hydrogen-bond donors (Lipinski definition) is 2. The van der Waals surface area contributed by atoms with E-state index in [9.17, 15) is 0 Å². The van der Waals surface area contributed by atoms with E-state index in [0.717, 1.165) is 77.3 Å². The average Bonchev–Trinajstić information content (AvgIpc) is 3.63. The summed E-state index contributed by atoms with van der Waals surface area (Å²) in [6, 6.07) is 52.8. The van der Waals surface area contributed by atoms with Gasteiger partial charge in [-0.2, -0.15) is 5.10 Å². The van der Waals surface area contributed by atoms with Gasteiger partial charge < -0.3 is 4.42 Å². The number of furan rings is 1. The molecule has 0 unspecified atom stereocenters. The third-order valence-electron chi connectivity index (χ3n) is 9.85. The van der Waals surface area contributed by atoms with E-state index >= 15 is 0 Å². The summed E-state index contributed by atoms with van der Waals surface area (Å²) in [5.41, 5.74) is 13.1. The molecule has 0 radical (unpaired) electrons. The Labute approximate surface area is 310 Å². The highest BCUT2D eigenvalue weighted by atomic mass is 16.3. The normalized spacial score (nSPS) is 13.2. The highest BCUT2D eigenvalue weighted by Crippen LogP contribution is 2.37. The van der Waals surface area contributed by atoms with Crippen molar-refractivity contribution in [2.75, 3.05) is 5.43 Å². The second-order valence-electron chi connectivity index (χ2n) is 13.2. The van der Waals surface area contributed by atoms with Crippen LogP contribution in [0.4, 0.5) is 5.69 Å². The minimum absolute atomic E-state index is 0.360. The van der Waals surface area contributed by atoms with Crippen LogP contribution < -0.4 is 5.43 Å². The first kappa shape index (κ1) is 31.2. The highest BCUT2D eigenvalue weighted by Gasteiger charge is 2.21. The summed E-state index contributed by atoms with van der Waals surface area (Å²) in [7, 11) is 0. The molecule has 0 fully saturated rings. The van der Waals surface area contributed by atoms with Gasteiger partial charge in [0.2, 0.25) is 0 Å². The molecule has 7 heteroatoms. The maximum atomic E-state index is 9.16. The topological polar surface area (TPSA) is 100 Å². The van der Waals surface area contributed by atoms with Crippen LogP contribution in [0.15, 0.2) is 173 Å². The van der Waals surface area contributed by atoms with Crippen LogP contribution in [0.3, 0.4) is 0 Å². The van der Waals surface area contributed by atoms with Crippen LogP contribution in [-0.2, 0) is 0 Å². The van der Waals surface area contributed by atoms with Crippen LogP contribution in [0.5, 0.6) is 0 Å². The molecule has 2 heterocycles.